The summed E-state index contributed by atoms with van der Waals surface area (Å²) in [6.07, 6.45) is 6.07. The van der Waals surface area contributed by atoms with Crippen LogP contribution < -0.4 is 0 Å². The zero-order chi connectivity index (χ0) is 34.1. The topological polar surface area (TPSA) is 44.8 Å². The fraction of sp³-hybridized carbons (Fsp3) is 0.857. The van der Waals surface area contributed by atoms with E-state index in [9.17, 15) is 4.79 Å². The summed E-state index contributed by atoms with van der Waals surface area (Å²) in [5.74, 6) is 0.449. The SMILES string of the molecule is CC(C)(C)[Si](C)(C)OCC(/C=C/C1=C(C[Si](C)(C)C)C(=O)CC[C@]1(C)CO[Si](C)(C)C(C)(C)C)CO[Si](C)(C)C(C)(C)C. The number of rotatable bonds is 13. The lowest BCUT2D eigenvalue weighted by Gasteiger charge is -2.43. The summed E-state index contributed by atoms with van der Waals surface area (Å²) in [6.45, 7) is 46.0. The molecule has 0 unspecified atom stereocenters. The minimum Gasteiger partial charge on any atom is -0.416 e. The zero-order valence-corrected chi connectivity index (χ0v) is 36.1. The number of hydrogen-bond acceptors (Lipinski definition) is 4. The average molecular weight is 669 g/mol. The normalized spacial score (nSPS) is 20.6. The third-order valence-electron chi connectivity index (χ3n) is 10.9. The smallest absolute Gasteiger partial charge is 0.192 e. The van der Waals surface area contributed by atoms with Gasteiger partial charge in [0.25, 0.3) is 0 Å². The van der Waals surface area contributed by atoms with Gasteiger partial charge in [0.05, 0.1) is 0 Å². The minimum atomic E-state index is -1.95. The number of hydrogen-bond donors (Lipinski definition) is 0. The molecule has 252 valence electrons. The third kappa shape index (κ3) is 11.6. The van der Waals surface area contributed by atoms with Crippen molar-refractivity contribution in [3.63, 3.8) is 0 Å². The predicted octanol–water partition coefficient (Wildman–Crippen LogP) is 11.2. The first kappa shape index (κ1) is 40.9. The number of allylic oxidation sites excluding steroid dienone is 2. The van der Waals surface area contributed by atoms with Crippen molar-refractivity contribution in [3.8, 4) is 0 Å². The average Bonchev–Trinajstić information content (AvgIpc) is 2.78. The molecule has 0 aromatic rings. The van der Waals surface area contributed by atoms with Crippen LogP contribution in [0.1, 0.15) is 82.1 Å². The number of ketones is 1. The molecule has 0 fully saturated rings. The van der Waals surface area contributed by atoms with Gasteiger partial charge in [0.15, 0.2) is 30.7 Å². The maximum atomic E-state index is 13.6. The van der Waals surface area contributed by atoms with E-state index in [4.69, 9.17) is 13.3 Å². The van der Waals surface area contributed by atoms with Crippen LogP contribution in [0.2, 0.25) is 80.1 Å². The molecule has 0 bridgehead atoms. The van der Waals surface area contributed by atoms with Crippen LogP contribution in [0.4, 0.5) is 0 Å². The van der Waals surface area contributed by atoms with Crippen molar-refractivity contribution in [3.05, 3.63) is 23.3 Å². The summed E-state index contributed by atoms with van der Waals surface area (Å²) in [5, 5.41) is 0.427. The molecule has 1 rings (SSSR count). The molecule has 0 saturated carbocycles. The number of Topliss-reactive ketones (excluding diaryl/α,β-unsaturated/α-hetero) is 1. The Bertz CT molecular complexity index is 984. The van der Waals surface area contributed by atoms with Gasteiger partial charge in [-0.2, -0.15) is 0 Å². The highest BCUT2D eigenvalue weighted by Gasteiger charge is 2.43. The molecule has 43 heavy (non-hydrogen) atoms. The summed E-state index contributed by atoms with van der Waals surface area (Å²) in [4.78, 5) is 13.6. The largest absolute Gasteiger partial charge is 0.416 e. The van der Waals surface area contributed by atoms with Crippen molar-refractivity contribution < 1.29 is 18.1 Å². The van der Waals surface area contributed by atoms with E-state index in [-0.39, 0.29) is 26.4 Å². The summed E-state index contributed by atoms with van der Waals surface area (Å²) in [6, 6.07) is 0.910. The molecule has 1 aliphatic rings. The highest BCUT2D eigenvalue weighted by molar-refractivity contribution is 6.77. The van der Waals surface area contributed by atoms with Gasteiger partial charge in [-0.3, -0.25) is 4.79 Å². The second kappa shape index (κ2) is 13.9. The van der Waals surface area contributed by atoms with E-state index in [1.54, 1.807) is 0 Å². The van der Waals surface area contributed by atoms with Gasteiger partial charge in [-0.1, -0.05) is 101 Å². The first-order chi connectivity index (χ1) is 18.9. The van der Waals surface area contributed by atoms with Crippen molar-refractivity contribution in [1.82, 2.24) is 0 Å². The van der Waals surface area contributed by atoms with Crippen LogP contribution in [-0.4, -0.2) is 58.6 Å². The molecule has 1 aliphatic carbocycles. The van der Waals surface area contributed by atoms with E-state index in [2.05, 4.69) is 140 Å². The van der Waals surface area contributed by atoms with E-state index in [0.717, 1.165) is 18.0 Å². The van der Waals surface area contributed by atoms with Crippen molar-refractivity contribution >= 4 is 38.8 Å². The second-order valence-corrected chi connectivity index (χ2v) is 39.3. The second-order valence-electron chi connectivity index (χ2n) is 19.4. The maximum absolute atomic E-state index is 13.6. The molecule has 4 nitrogen and oxygen atoms in total. The van der Waals surface area contributed by atoms with Crippen molar-refractivity contribution in [2.75, 3.05) is 19.8 Å². The molecule has 0 radical (unpaired) electrons. The van der Waals surface area contributed by atoms with Gasteiger partial charge in [0, 0.05) is 45.6 Å². The molecule has 0 spiro atoms. The van der Waals surface area contributed by atoms with Crippen molar-refractivity contribution in [1.29, 1.82) is 0 Å². The Kier molecular flexibility index (Phi) is 13.3. The van der Waals surface area contributed by atoms with Crippen molar-refractivity contribution in [2.45, 2.75) is 162 Å². The maximum Gasteiger partial charge on any atom is 0.192 e. The quantitative estimate of drug-likeness (QED) is 0.183. The van der Waals surface area contributed by atoms with Gasteiger partial charge in [0.2, 0.25) is 0 Å². The first-order valence-corrected chi connectivity index (χ1v) is 29.2. The standard InChI is InChI=1S/C35H72O4Si4/c1-32(2,3)41(14,15)37-24-28(25-38-42(16,17)33(4,5)6)20-21-30-29(26-40(11,12)13)31(36)22-23-35(30,10)27-39-43(18,19)34(7,8)9/h20-21,28H,22-27H2,1-19H3/b21-20+/t35-/m1/s1. The van der Waals surface area contributed by atoms with Crippen LogP contribution >= 0.6 is 0 Å². The molecule has 0 heterocycles. The molecule has 0 N–H and O–H groups in total. The number of carbonyl (C=O) groups excluding carboxylic acids is 1. The molecule has 0 saturated heterocycles. The predicted molar refractivity (Wildman–Crippen MR) is 200 cm³/mol. The molecule has 1 atom stereocenters. The van der Waals surface area contributed by atoms with Gasteiger partial charge in [0.1, 0.15) is 0 Å². The Hall–Kier alpha value is -0.102. The molecule has 0 aliphatic heterocycles. The lowest BCUT2D eigenvalue weighted by molar-refractivity contribution is -0.116. The molecular formula is C35H72O4Si4. The Labute approximate surface area is 272 Å². The van der Waals surface area contributed by atoms with Crippen molar-refractivity contribution in [2.24, 2.45) is 11.3 Å². The monoisotopic (exact) mass is 668 g/mol. The number of carbonyl (C=O) groups is 1. The van der Waals surface area contributed by atoms with E-state index >= 15 is 0 Å². The summed E-state index contributed by atoms with van der Waals surface area (Å²) < 4.78 is 20.4. The van der Waals surface area contributed by atoms with E-state index in [0.29, 0.717) is 32.0 Å². The fourth-order valence-corrected chi connectivity index (χ4v) is 9.07. The summed E-state index contributed by atoms with van der Waals surface area (Å²) >= 11 is 0. The van der Waals surface area contributed by atoms with Crippen LogP contribution in [0.25, 0.3) is 0 Å². The highest BCUT2D eigenvalue weighted by atomic mass is 28.4. The zero-order valence-electron chi connectivity index (χ0n) is 32.1. The van der Waals surface area contributed by atoms with Gasteiger partial charge in [-0.25, -0.2) is 0 Å². The Morgan fingerprint density at radius 3 is 1.49 bits per heavy atom. The van der Waals surface area contributed by atoms with E-state index < -0.39 is 33.0 Å². The first-order valence-electron chi connectivity index (χ1n) is 16.7. The lowest BCUT2D eigenvalue weighted by Crippen LogP contribution is -2.45. The highest BCUT2D eigenvalue weighted by Crippen LogP contribution is 2.46. The molecule has 0 aromatic heterocycles. The minimum absolute atomic E-state index is 0.117. The van der Waals surface area contributed by atoms with Gasteiger partial charge >= 0.3 is 0 Å². The third-order valence-corrected chi connectivity index (χ3v) is 25.8. The molecule has 0 aromatic carbocycles. The Morgan fingerprint density at radius 1 is 0.721 bits per heavy atom. The lowest BCUT2D eigenvalue weighted by atomic mass is 9.71. The van der Waals surface area contributed by atoms with Crippen LogP contribution in [0, 0.1) is 11.3 Å². The van der Waals surface area contributed by atoms with Gasteiger partial charge < -0.3 is 13.3 Å². The summed E-state index contributed by atoms with van der Waals surface area (Å²) in [7, 11) is -7.37. The van der Waals surface area contributed by atoms with Gasteiger partial charge in [-0.15, -0.1) is 0 Å². The van der Waals surface area contributed by atoms with Crippen LogP contribution in [0.15, 0.2) is 23.3 Å². The summed E-state index contributed by atoms with van der Waals surface area (Å²) in [5.41, 5.74) is 2.06. The molecular weight excluding hydrogens is 597 g/mol. The Balaban J connectivity index is 3.63. The van der Waals surface area contributed by atoms with E-state index in [1.807, 2.05) is 0 Å². The molecule has 0 amide bonds. The van der Waals surface area contributed by atoms with Gasteiger partial charge in [-0.05, 0) is 78.0 Å². The van der Waals surface area contributed by atoms with Crippen LogP contribution in [-0.2, 0) is 18.1 Å². The molecule has 8 heteroatoms. The van der Waals surface area contributed by atoms with E-state index in [1.165, 1.54) is 5.57 Å². The van der Waals surface area contributed by atoms with Crippen LogP contribution in [0.3, 0.4) is 0 Å². The Morgan fingerprint density at radius 2 is 1.12 bits per heavy atom. The van der Waals surface area contributed by atoms with Crippen LogP contribution in [0.5, 0.6) is 0 Å². The fourth-order valence-electron chi connectivity index (χ4n) is 4.38.